The molecular weight excluding hydrogens is 506 g/mol. The Hall–Kier alpha value is -4.82. The smallest absolute Gasteiger partial charge is 0.255 e. The number of benzene rings is 4. The third-order valence-electron chi connectivity index (χ3n) is 6.96. The quantitative estimate of drug-likeness (QED) is 0.254. The van der Waals surface area contributed by atoms with Gasteiger partial charge in [-0.3, -0.25) is 4.79 Å². The van der Waals surface area contributed by atoms with E-state index in [2.05, 4.69) is 5.32 Å². The van der Waals surface area contributed by atoms with Gasteiger partial charge in [0, 0.05) is 29.9 Å². The number of nitrogens with one attached hydrogen (secondary N) is 1. The fourth-order valence-electron chi connectivity index (χ4n) is 5.00. The number of ether oxygens (including phenoxy) is 3. The SMILES string of the molecule is CCn1c(C(O)(c2ccccc2)c2ccccc2)nc2ccc(C(=O)Nc3cc(OC)c(OC)c(OC)c3)cc21. The lowest BCUT2D eigenvalue weighted by Gasteiger charge is -2.29. The van der Waals surface area contributed by atoms with Crippen LogP contribution < -0.4 is 19.5 Å². The molecule has 0 saturated heterocycles. The van der Waals surface area contributed by atoms with Crippen molar-refractivity contribution in [1.29, 1.82) is 0 Å². The van der Waals surface area contributed by atoms with Gasteiger partial charge in [0.05, 0.1) is 32.4 Å². The molecule has 0 spiro atoms. The molecule has 0 saturated carbocycles. The Morgan fingerprint density at radius 1 is 0.850 bits per heavy atom. The molecule has 4 aromatic carbocycles. The van der Waals surface area contributed by atoms with Gasteiger partial charge in [-0.15, -0.1) is 0 Å². The van der Waals surface area contributed by atoms with Gasteiger partial charge in [-0.2, -0.15) is 0 Å². The average Bonchev–Trinajstić information content (AvgIpc) is 3.39. The maximum atomic E-state index is 13.4. The van der Waals surface area contributed by atoms with Crippen molar-refractivity contribution >= 4 is 22.6 Å². The molecule has 8 heteroatoms. The zero-order chi connectivity index (χ0) is 28.3. The van der Waals surface area contributed by atoms with Crippen LogP contribution in [0, 0.1) is 0 Å². The van der Waals surface area contributed by atoms with E-state index >= 15 is 0 Å². The first-order valence-corrected chi connectivity index (χ1v) is 12.9. The number of hydrogen-bond donors (Lipinski definition) is 2. The van der Waals surface area contributed by atoms with Crippen LogP contribution in [-0.4, -0.2) is 41.9 Å². The van der Waals surface area contributed by atoms with Gasteiger partial charge >= 0.3 is 0 Å². The van der Waals surface area contributed by atoms with Crippen molar-refractivity contribution in [2.75, 3.05) is 26.6 Å². The molecule has 5 aromatic rings. The molecule has 1 aromatic heterocycles. The molecule has 0 aliphatic rings. The van der Waals surface area contributed by atoms with Crippen molar-refractivity contribution in [3.05, 3.63) is 114 Å². The Morgan fingerprint density at radius 2 is 1.43 bits per heavy atom. The highest BCUT2D eigenvalue weighted by molar-refractivity contribution is 6.06. The molecule has 0 aliphatic heterocycles. The Morgan fingerprint density at radius 3 is 1.93 bits per heavy atom. The van der Waals surface area contributed by atoms with Crippen LogP contribution in [0.4, 0.5) is 5.69 Å². The summed E-state index contributed by atoms with van der Waals surface area (Å²) in [4.78, 5) is 18.2. The highest BCUT2D eigenvalue weighted by Crippen LogP contribution is 2.40. The van der Waals surface area contributed by atoms with Crippen molar-refractivity contribution in [2.24, 2.45) is 0 Å². The van der Waals surface area contributed by atoms with Crippen molar-refractivity contribution in [2.45, 2.75) is 19.1 Å². The topological polar surface area (TPSA) is 94.8 Å². The number of nitrogens with zero attached hydrogens (tertiary/aromatic N) is 2. The van der Waals surface area contributed by atoms with Crippen LogP contribution in [0.3, 0.4) is 0 Å². The lowest BCUT2D eigenvalue weighted by Crippen LogP contribution is -2.32. The predicted molar refractivity (Wildman–Crippen MR) is 154 cm³/mol. The molecule has 8 nitrogen and oxygen atoms in total. The van der Waals surface area contributed by atoms with Crippen LogP contribution in [0.25, 0.3) is 11.0 Å². The van der Waals surface area contributed by atoms with E-state index in [0.717, 1.165) is 5.52 Å². The van der Waals surface area contributed by atoms with E-state index in [1.165, 1.54) is 21.3 Å². The maximum absolute atomic E-state index is 13.4. The zero-order valence-electron chi connectivity index (χ0n) is 22.8. The molecule has 0 fully saturated rings. The lowest BCUT2D eigenvalue weighted by atomic mass is 9.85. The minimum absolute atomic E-state index is 0.317. The van der Waals surface area contributed by atoms with Crippen LogP contribution in [0.5, 0.6) is 17.2 Å². The second-order valence-corrected chi connectivity index (χ2v) is 9.19. The van der Waals surface area contributed by atoms with Crippen LogP contribution in [-0.2, 0) is 12.1 Å². The van der Waals surface area contributed by atoms with E-state index < -0.39 is 5.60 Å². The minimum atomic E-state index is -1.50. The molecule has 1 heterocycles. The number of anilines is 1. The minimum Gasteiger partial charge on any atom is -0.493 e. The molecule has 0 radical (unpaired) electrons. The molecule has 204 valence electrons. The summed E-state index contributed by atoms with van der Waals surface area (Å²) in [5.74, 6) is 1.46. The summed E-state index contributed by atoms with van der Waals surface area (Å²) in [6.45, 7) is 2.52. The van der Waals surface area contributed by atoms with Gasteiger partial charge in [-0.05, 0) is 36.2 Å². The first-order valence-electron chi connectivity index (χ1n) is 12.9. The van der Waals surface area contributed by atoms with Gasteiger partial charge in [-0.1, -0.05) is 60.7 Å². The number of aliphatic hydroxyl groups is 1. The molecule has 0 atom stereocenters. The van der Waals surface area contributed by atoms with E-state index in [-0.39, 0.29) is 5.91 Å². The Balaban J connectivity index is 1.58. The molecule has 1 amide bonds. The largest absolute Gasteiger partial charge is 0.493 e. The number of fused-ring (bicyclic) bond motifs is 1. The molecule has 2 N–H and O–H groups in total. The van der Waals surface area contributed by atoms with E-state index in [0.29, 0.717) is 57.5 Å². The van der Waals surface area contributed by atoms with Gasteiger partial charge in [0.15, 0.2) is 22.9 Å². The third kappa shape index (κ3) is 4.63. The fourth-order valence-corrected chi connectivity index (χ4v) is 5.00. The van der Waals surface area contributed by atoms with Crippen LogP contribution in [0.2, 0.25) is 0 Å². The predicted octanol–water partition coefficient (Wildman–Crippen LogP) is 5.62. The summed E-state index contributed by atoms with van der Waals surface area (Å²) >= 11 is 0. The normalized spacial score (nSPS) is 11.3. The van der Waals surface area contributed by atoms with Crippen LogP contribution >= 0.6 is 0 Å². The molecule has 0 aliphatic carbocycles. The van der Waals surface area contributed by atoms with E-state index in [1.54, 1.807) is 30.3 Å². The summed E-state index contributed by atoms with van der Waals surface area (Å²) in [5.41, 5.74) is 2.23. The van der Waals surface area contributed by atoms with Gasteiger partial charge in [-0.25, -0.2) is 4.98 Å². The number of aromatic nitrogens is 2. The summed E-state index contributed by atoms with van der Waals surface area (Å²) in [6, 6.07) is 27.6. The fraction of sp³-hybridized carbons (Fsp3) is 0.188. The number of amides is 1. The van der Waals surface area contributed by atoms with Crippen molar-refractivity contribution in [3.8, 4) is 17.2 Å². The number of carbonyl (C=O) groups is 1. The van der Waals surface area contributed by atoms with E-state index in [1.807, 2.05) is 72.2 Å². The Labute approximate surface area is 232 Å². The monoisotopic (exact) mass is 537 g/mol. The Kier molecular flexibility index (Phi) is 7.44. The van der Waals surface area contributed by atoms with Crippen molar-refractivity contribution in [3.63, 3.8) is 0 Å². The van der Waals surface area contributed by atoms with Gasteiger partial charge in [0.2, 0.25) is 5.75 Å². The first kappa shape index (κ1) is 26.8. The summed E-state index contributed by atoms with van der Waals surface area (Å²) < 4.78 is 18.1. The van der Waals surface area contributed by atoms with Crippen LogP contribution in [0.1, 0.15) is 34.2 Å². The van der Waals surface area contributed by atoms with Crippen molar-refractivity contribution in [1.82, 2.24) is 9.55 Å². The number of imidazole rings is 1. The van der Waals surface area contributed by atoms with Gasteiger partial charge < -0.3 is 29.2 Å². The van der Waals surface area contributed by atoms with E-state index in [4.69, 9.17) is 19.2 Å². The standard InChI is InChI=1S/C32H31N3O5/c1-5-35-26-18-21(30(36)33-24-19-27(38-2)29(40-4)28(20-24)39-3)16-17-25(26)34-31(35)32(37,22-12-8-6-9-13-22)23-14-10-7-11-15-23/h6-20,37H,5H2,1-4H3,(H,33,36). The zero-order valence-corrected chi connectivity index (χ0v) is 22.8. The van der Waals surface area contributed by atoms with Gasteiger partial charge in [0.1, 0.15) is 0 Å². The first-order chi connectivity index (χ1) is 19.4. The highest BCUT2D eigenvalue weighted by Gasteiger charge is 2.38. The number of methoxy groups -OCH3 is 3. The highest BCUT2D eigenvalue weighted by atomic mass is 16.5. The molecule has 0 bridgehead atoms. The molecule has 40 heavy (non-hydrogen) atoms. The third-order valence-corrected chi connectivity index (χ3v) is 6.96. The summed E-state index contributed by atoms with van der Waals surface area (Å²) in [5, 5.41) is 15.3. The van der Waals surface area contributed by atoms with E-state index in [9.17, 15) is 9.90 Å². The molecule has 0 unspecified atom stereocenters. The Bertz CT molecular complexity index is 1580. The number of rotatable bonds is 9. The van der Waals surface area contributed by atoms with Crippen molar-refractivity contribution < 1.29 is 24.1 Å². The van der Waals surface area contributed by atoms with Crippen LogP contribution in [0.15, 0.2) is 91.0 Å². The number of carbonyl (C=O) groups excluding carboxylic acids is 1. The summed E-state index contributed by atoms with van der Waals surface area (Å²) in [7, 11) is 4.56. The number of hydrogen-bond acceptors (Lipinski definition) is 6. The second-order valence-electron chi connectivity index (χ2n) is 9.19. The number of aryl methyl sites for hydroxylation is 1. The lowest BCUT2D eigenvalue weighted by molar-refractivity contribution is 0.102. The molecular formula is C32H31N3O5. The average molecular weight is 538 g/mol. The second kappa shape index (κ2) is 11.1. The maximum Gasteiger partial charge on any atom is 0.255 e. The summed E-state index contributed by atoms with van der Waals surface area (Å²) in [6.07, 6.45) is 0. The van der Waals surface area contributed by atoms with Gasteiger partial charge in [0.25, 0.3) is 5.91 Å². The molecule has 5 rings (SSSR count).